The normalized spacial score (nSPS) is 13.3. The molecule has 1 aromatic carbocycles. The van der Waals surface area contributed by atoms with Crippen molar-refractivity contribution in [3.05, 3.63) is 29.3 Å². The van der Waals surface area contributed by atoms with Crippen LogP contribution in [0, 0.1) is 0 Å². The molecule has 0 heterocycles. The molecule has 2 unspecified atom stereocenters. The average molecular weight is 323 g/mol. The summed E-state index contributed by atoms with van der Waals surface area (Å²) in [5.74, 6) is 0.0906. The Labute approximate surface area is 130 Å². The predicted octanol–water partition coefficient (Wildman–Crippen LogP) is 3.05. The van der Waals surface area contributed by atoms with Crippen molar-refractivity contribution < 1.29 is 4.79 Å². The highest BCUT2D eigenvalue weighted by atomic mass is 35.5. The average Bonchev–Trinajstić information content (AvgIpc) is 2.38. The van der Waals surface area contributed by atoms with E-state index in [4.69, 9.17) is 17.3 Å². The number of amides is 1. The van der Waals surface area contributed by atoms with E-state index in [2.05, 4.69) is 0 Å². The first-order valence-electron chi connectivity index (χ1n) is 5.84. The van der Waals surface area contributed by atoms with Gasteiger partial charge in [-0.2, -0.15) is 0 Å². The zero-order valence-corrected chi connectivity index (χ0v) is 13.7. The van der Waals surface area contributed by atoms with Gasteiger partial charge in [0, 0.05) is 29.6 Å². The van der Waals surface area contributed by atoms with Crippen molar-refractivity contribution in [2.45, 2.75) is 30.0 Å². The van der Waals surface area contributed by atoms with Gasteiger partial charge in [0.05, 0.1) is 5.25 Å². The van der Waals surface area contributed by atoms with Gasteiger partial charge < -0.3 is 10.6 Å². The van der Waals surface area contributed by atoms with E-state index in [0.29, 0.717) is 11.6 Å². The molecule has 3 nitrogen and oxygen atoms in total. The van der Waals surface area contributed by atoms with E-state index in [1.165, 1.54) is 11.8 Å². The maximum Gasteiger partial charge on any atom is 0.235 e. The van der Waals surface area contributed by atoms with Crippen LogP contribution in [0.25, 0.3) is 0 Å². The van der Waals surface area contributed by atoms with E-state index in [9.17, 15) is 4.79 Å². The number of nitrogens with two attached hydrogens (primary N) is 1. The lowest BCUT2D eigenvalue weighted by molar-refractivity contribution is -0.130. The van der Waals surface area contributed by atoms with Crippen LogP contribution in [0.15, 0.2) is 29.2 Å². The third-order valence-corrected chi connectivity index (χ3v) is 4.18. The molecule has 2 N–H and O–H groups in total. The molecular weight excluding hydrogens is 303 g/mol. The molecule has 0 saturated heterocycles. The highest BCUT2D eigenvalue weighted by Gasteiger charge is 2.21. The minimum atomic E-state index is -0.134. The standard InChI is InChI=1S/C13H19ClN2OS.ClH/c1-9(8-15)16(3)13(17)10(2)18-12-6-4-11(14)5-7-12;/h4-7,9-10H,8,15H2,1-3H3;1H. The number of rotatable bonds is 5. The number of thioether (sulfide) groups is 1. The van der Waals surface area contributed by atoms with Gasteiger partial charge in [-0.3, -0.25) is 4.79 Å². The Morgan fingerprint density at radius 2 is 1.89 bits per heavy atom. The molecule has 19 heavy (non-hydrogen) atoms. The third-order valence-electron chi connectivity index (χ3n) is 2.82. The van der Waals surface area contributed by atoms with Crippen molar-refractivity contribution in [1.82, 2.24) is 4.90 Å². The maximum atomic E-state index is 12.1. The molecule has 2 atom stereocenters. The molecule has 0 bridgehead atoms. The Morgan fingerprint density at radius 3 is 2.37 bits per heavy atom. The highest BCUT2D eigenvalue weighted by Crippen LogP contribution is 2.25. The fraction of sp³-hybridized carbons (Fsp3) is 0.462. The molecule has 108 valence electrons. The van der Waals surface area contributed by atoms with Crippen molar-refractivity contribution >= 4 is 41.7 Å². The van der Waals surface area contributed by atoms with E-state index in [-0.39, 0.29) is 29.6 Å². The van der Waals surface area contributed by atoms with Crippen molar-refractivity contribution in [1.29, 1.82) is 0 Å². The zero-order chi connectivity index (χ0) is 13.7. The molecule has 6 heteroatoms. The predicted molar refractivity (Wildman–Crippen MR) is 85.3 cm³/mol. The van der Waals surface area contributed by atoms with E-state index >= 15 is 0 Å². The summed E-state index contributed by atoms with van der Waals surface area (Å²) in [6, 6.07) is 7.55. The minimum Gasteiger partial charge on any atom is -0.341 e. The van der Waals surface area contributed by atoms with E-state index < -0.39 is 0 Å². The van der Waals surface area contributed by atoms with Gasteiger partial charge in [0.15, 0.2) is 0 Å². The smallest absolute Gasteiger partial charge is 0.235 e. The van der Waals surface area contributed by atoms with Crippen LogP contribution in [-0.2, 0) is 4.79 Å². The largest absolute Gasteiger partial charge is 0.341 e. The highest BCUT2D eigenvalue weighted by molar-refractivity contribution is 8.00. The lowest BCUT2D eigenvalue weighted by Gasteiger charge is -2.26. The molecule has 1 rings (SSSR count). The topological polar surface area (TPSA) is 46.3 Å². The molecule has 0 aliphatic rings. The van der Waals surface area contributed by atoms with Crippen LogP contribution in [0.5, 0.6) is 0 Å². The van der Waals surface area contributed by atoms with Gasteiger partial charge in [0.2, 0.25) is 5.91 Å². The Morgan fingerprint density at radius 1 is 1.37 bits per heavy atom. The summed E-state index contributed by atoms with van der Waals surface area (Å²) >= 11 is 7.35. The number of carbonyl (C=O) groups is 1. The van der Waals surface area contributed by atoms with Crippen LogP contribution in [0.4, 0.5) is 0 Å². The van der Waals surface area contributed by atoms with Crippen LogP contribution in [0.1, 0.15) is 13.8 Å². The Hall–Kier alpha value is -0.420. The lowest BCUT2D eigenvalue weighted by atomic mass is 10.3. The fourth-order valence-electron chi connectivity index (χ4n) is 1.43. The molecule has 0 aliphatic carbocycles. The SMILES string of the molecule is CC(Sc1ccc(Cl)cc1)C(=O)N(C)C(C)CN.Cl. The van der Waals surface area contributed by atoms with Crippen LogP contribution in [0.2, 0.25) is 5.02 Å². The molecule has 1 amide bonds. The number of halogens is 2. The van der Waals surface area contributed by atoms with Crippen molar-refractivity contribution in [2.75, 3.05) is 13.6 Å². The van der Waals surface area contributed by atoms with E-state index in [0.717, 1.165) is 4.90 Å². The number of likely N-dealkylation sites (N-methyl/N-ethyl adjacent to an activating group) is 1. The lowest BCUT2D eigenvalue weighted by Crippen LogP contribution is -2.43. The number of hydrogen-bond acceptors (Lipinski definition) is 3. The molecule has 0 aliphatic heterocycles. The second kappa shape index (κ2) is 8.69. The molecule has 0 spiro atoms. The van der Waals surface area contributed by atoms with E-state index in [1.54, 1.807) is 11.9 Å². The summed E-state index contributed by atoms with van der Waals surface area (Å²) in [6.45, 7) is 4.32. The van der Waals surface area contributed by atoms with E-state index in [1.807, 2.05) is 38.1 Å². The van der Waals surface area contributed by atoms with Gasteiger partial charge in [-0.15, -0.1) is 24.2 Å². The van der Waals surface area contributed by atoms with Crippen molar-refractivity contribution in [3.63, 3.8) is 0 Å². The summed E-state index contributed by atoms with van der Waals surface area (Å²) in [6.07, 6.45) is 0. The van der Waals surface area contributed by atoms with Crippen LogP contribution in [-0.4, -0.2) is 35.7 Å². The van der Waals surface area contributed by atoms with Gasteiger partial charge in [-0.25, -0.2) is 0 Å². The van der Waals surface area contributed by atoms with Gasteiger partial charge in [-0.05, 0) is 38.1 Å². The second-order valence-corrected chi connectivity index (χ2v) is 6.10. The van der Waals surface area contributed by atoms with Crippen molar-refractivity contribution in [2.24, 2.45) is 5.73 Å². The maximum absolute atomic E-state index is 12.1. The summed E-state index contributed by atoms with van der Waals surface area (Å²) in [4.78, 5) is 14.9. The Bertz CT molecular complexity index is 400. The van der Waals surface area contributed by atoms with Gasteiger partial charge in [0.25, 0.3) is 0 Å². The second-order valence-electron chi connectivity index (χ2n) is 4.25. The minimum absolute atomic E-state index is 0. The summed E-state index contributed by atoms with van der Waals surface area (Å²) in [7, 11) is 1.79. The number of carbonyl (C=O) groups excluding carboxylic acids is 1. The monoisotopic (exact) mass is 322 g/mol. The molecule has 0 saturated carbocycles. The molecular formula is C13H20Cl2N2OS. The fourth-order valence-corrected chi connectivity index (χ4v) is 2.52. The summed E-state index contributed by atoms with van der Waals surface area (Å²) < 4.78 is 0. The molecule has 0 aromatic heterocycles. The van der Waals surface area contributed by atoms with Crippen LogP contribution >= 0.6 is 35.8 Å². The van der Waals surface area contributed by atoms with Crippen LogP contribution < -0.4 is 5.73 Å². The van der Waals surface area contributed by atoms with Gasteiger partial charge in [0.1, 0.15) is 0 Å². The zero-order valence-electron chi connectivity index (χ0n) is 11.3. The summed E-state index contributed by atoms with van der Waals surface area (Å²) in [5.41, 5.74) is 5.56. The molecule has 0 fully saturated rings. The van der Waals surface area contributed by atoms with Crippen LogP contribution in [0.3, 0.4) is 0 Å². The first-order valence-corrected chi connectivity index (χ1v) is 7.10. The number of hydrogen-bond donors (Lipinski definition) is 1. The quantitative estimate of drug-likeness (QED) is 0.847. The molecule has 1 aromatic rings. The first-order chi connectivity index (χ1) is 8.45. The van der Waals surface area contributed by atoms with Crippen molar-refractivity contribution in [3.8, 4) is 0 Å². The number of benzene rings is 1. The first kappa shape index (κ1) is 18.6. The number of nitrogens with zero attached hydrogens (tertiary/aromatic N) is 1. The Balaban J connectivity index is 0.00000324. The molecule has 0 radical (unpaired) electrons. The van der Waals surface area contributed by atoms with Gasteiger partial charge >= 0.3 is 0 Å². The summed E-state index contributed by atoms with van der Waals surface area (Å²) in [5, 5.41) is 0.567. The van der Waals surface area contributed by atoms with Gasteiger partial charge in [-0.1, -0.05) is 11.6 Å². The third kappa shape index (κ3) is 5.61. The Kier molecular flexibility index (Phi) is 8.50.